The van der Waals surface area contributed by atoms with E-state index < -0.39 is 5.97 Å². The molecule has 3 nitrogen and oxygen atoms in total. The number of hydrogen-bond donors (Lipinski definition) is 1. The van der Waals surface area contributed by atoms with E-state index in [0.29, 0.717) is 11.6 Å². The maximum atomic E-state index is 10.7. The van der Waals surface area contributed by atoms with E-state index in [1.165, 1.54) is 0 Å². The number of halogens is 1. The van der Waals surface area contributed by atoms with Crippen LogP contribution in [0, 0.1) is 0 Å². The zero-order chi connectivity index (χ0) is 12.1. The molecule has 86 valence electrons. The Morgan fingerprint density at radius 1 is 1.38 bits per heavy atom. The van der Waals surface area contributed by atoms with Crippen molar-refractivity contribution in [3.05, 3.63) is 41.4 Å². The third kappa shape index (κ3) is 3.95. The molecule has 0 atom stereocenters. The van der Waals surface area contributed by atoms with E-state index in [2.05, 4.69) is 6.58 Å². The molecule has 0 bridgehead atoms. The van der Waals surface area contributed by atoms with Crippen molar-refractivity contribution in [2.24, 2.45) is 0 Å². The molecule has 16 heavy (non-hydrogen) atoms. The summed E-state index contributed by atoms with van der Waals surface area (Å²) in [6, 6.07) is 7.08. The van der Waals surface area contributed by atoms with Crippen LogP contribution >= 0.6 is 11.6 Å². The lowest BCUT2D eigenvalue weighted by Gasteiger charge is -2.22. The van der Waals surface area contributed by atoms with Gasteiger partial charge in [0.05, 0.1) is 0 Å². The summed E-state index contributed by atoms with van der Waals surface area (Å²) in [5.74, 6) is -0.865. The molecule has 1 aromatic carbocycles. The van der Waals surface area contributed by atoms with Gasteiger partial charge in [0, 0.05) is 17.3 Å². The van der Waals surface area contributed by atoms with Crippen molar-refractivity contribution in [1.29, 1.82) is 0 Å². The summed E-state index contributed by atoms with van der Waals surface area (Å²) in [6.07, 6.45) is 0. The lowest BCUT2D eigenvalue weighted by atomic mass is 10.2. The van der Waals surface area contributed by atoms with E-state index in [1.807, 2.05) is 6.92 Å². The van der Waals surface area contributed by atoms with Crippen LogP contribution in [0.5, 0.6) is 0 Å². The molecule has 0 amide bonds. The van der Waals surface area contributed by atoms with Crippen molar-refractivity contribution < 1.29 is 9.90 Å². The number of anilines is 1. The van der Waals surface area contributed by atoms with Gasteiger partial charge in [0.15, 0.2) is 0 Å². The van der Waals surface area contributed by atoms with Crippen LogP contribution < -0.4 is 4.90 Å². The molecule has 0 heterocycles. The van der Waals surface area contributed by atoms with Gasteiger partial charge in [-0.15, -0.1) is 0 Å². The second-order valence-electron chi connectivity index (χ2n) is 3.68. The highest BCUT2D eigenvalue weighted by atomic mass is 35.5. The lowest BCUT2D eigenvalue weighted by molar-refractivity contribution is -0.135. The molecule has 0 aliphatic carbocycles. The van der Waals surface area contributed by atoms with Crippen LogP contribution in [0.3, 0.4) is 0 Å². The average molecular weight is 240 g/mol. The molecule has 0 saturated carbocycles. The minimum atomic E-state index is -0.865. The molecular weight excluding hydrogens is 226 g/mol. The van der Waals surface area contributed by atoms with Gasteiger partial charge in [0.1, 0.15) is 6.54 Å². The molecule has 1 aromatic rings. The molecule has 1 rings (SSSR count). The smallest absolute Gasteiger partial charge is 0.323 e. The Morgan fingerprint density at radius 3 is 2.38 bits per heavy atom. The van der Waals surface area contributed by atoms with Crippen molar-refractivity contribution in [1.82, 2.24) is 0 Å². The summed E-state index contributed by atoms with van der Waals surface area (Å²) in [6.45, 7) is 6.13. The fraction of sp³-hybridized carbons (Fsp3) is 0.250. The van der Waals surface area contributed by atoms with Crippen LogP contribution in [0.4, 0.5) is 5.69 Å². The molecule has 0 aliphatic heterocycles. The Labute approximate surface area is 100.0 Å². The fourth-order valence-electron chi connectivity index (χ4n) is 1.38. The van der Waals surface area contributed by atoms with Gasteiger partial charge in [0.2, 0.25) is 0 Å². The molecule has 0 saturated heterocycles. The van der Waals surface area contributed by atoms with Crippen LogP contribution in [0.2, 0.25) is 5.02 Å². The molecule has 1 N–H and O–H groups in total. The fourth-order valence-corrected chi connectivity index (χ4v) is 1.51. The summed E-state index contributed by atoms with van der Waals surface area (Å²) >= 11 is 5.78. The van der Waals surface area contributed by atoms with Gasteiger partial charge < -0.3 is 10.0 Å². The predicted molar refractivity (Wildman–Crippen MR) is 66.1 cm³/mol. The van der Waals surface area contributed by atoms with E-state index in [0.717, 1.165) is 11.3 Å². The molecule has 0 radical (unpaired) electrons. The monoisotopic (exact) mass is 239 g/mol. The number of benzene rings is 1. The van der Waals surface area contributed by atoms with Gasteiger partial charge in [-0.1, -0.05) is 23.8 Å². The minimum absolute atomic E-state index is 0.0471. The van der Waals surface area contributed by atoms with Crippen molar-refractivity contribution >= 4 is 23.3 Å². The first-order chi connectivity index (χ1) is 7.49. The largest absolute Gasteiger partial charge is 0.480 e. The second kappa shape index (κ2) is 5.56. The van der Waals surface area contributed by atoms with Gasteiger partial charge in [-0.3, -0.25) is 4.79 Å². The third-order valence-electron chi connectivity index (χ3n) is 1.98. The van der Waals surface area contributed by atoms with E-state index in [-0.39, 0.29) is 6.54 Å². The zero-order valence-corrected chi connectivity index (χ0v) is 9.87. The minimum Gasteiger partial charge on any atom is -0.480 e. The van der Waals surface area contributed by atoms with E-state index >= 15 is 0 Å². The second-order valence-corrected chi connectivity index (χ2v) is 4.12. The third-order valence-corrected chi connectivity index (χ3v) is 2.23. The first kappa shape index (κ1) is 12.6. The Balaban J connectivity index is 2.86. The normalized spacial score (nSPS) is 9.88. The number of carbonyl (C=O) groups is 1. The summed E-state index contributed by atoms with van der Waals surface area (Å²) in [7, 11) is 0. The van der Waals surface area contributed by atoms with Crippen molar-refractivity contribution in [2.75, 3.05) is 18.0 Å². The van der Waals surface area contributed by atoms with Crippen molar-refractivity contribution in [3.8, 4) is 0 Å². The van der Waals surface area contributed by atoms with E-state index in [1.54, 1.807) is 29.2 Å². The highest BCUT2D eigenvalue weighted by molar-refractivity contribution is 6.30. The Hall–Kier alpha value is -1.48. The number of carboxylic acid groups (broad SMARTS) is 1. The van der Waals surface area contributed by atoms with E-state index in [9.17, 15) is 4.79 Å². The molecular formula is C12H14ClNO2. The van der Waals surface area contributed by atoms with Crippen molar-refractivity contribution in [3.63, 3.8) is 0 Å². The molecule has 0 unspecified atom stereocenters. The maximum absolute atomic E-state index is 10.7. The number of rotatable bonds is 5. The zero-order valence-electron chi connectivity index (χ0n) is 9.11. The standard InChI is InChI=1S/C12H14ClNO2/c1-9(2)7-14(8-12(15)16)11-5-3-10(13)4-6-11/h3-6H,1,7-8H2,2H3,(H,15,16). The van der Waals surface area contributed by atoms with Crippen LogP contribution in [-0.2, 0) is 4.79 Å². The number of nitrogens with zero attached hydrogens (tertiary/aromatic N) is 1. The number of carboxylic acids is 1. The highest BCUT2D eigenvalue weighted by Crippen LogP contribution is 2.18. The topological polar surface area (TPSA) is 40.5 Å². The van der Waals surface area contributed by atoms with Gasteiger partial charge in [-0.25, -0.2) is 0 Å². The molecule has 0 aromatic heterocycles. The maximum Gasteiger partial charge on any atom is 0.323 e. The molecule has 4 heteroatoms. The lowest BCUT2D eigenvalue weighted by Crippen LogP contribution is -2.30. The Kier molecular flexibility index (Phi) is 4.38. The van der Waals surface area contributed by atoms with Gasteiger partial charge in [-0.2, -0.15) is 0 Å². The van der Waals surface area contributed by atoms with Crippen LogP contribution in [0.15, 0.2) is 36.4 Å². The number of hydrogen-bond acceptors (Lipinski definition) is 2. The average Bonchev–Trinajstić information content (AvgIpc) is 2.16. The first-order valence-electron chi connectivity index (χ1n) is 4.85. The molecule has 0 fully saturated rings. The summed E-state index contributed by atoms with van der Waals surface area (Å²) < 4.78 is 0. The van der Waals surface area contributed by atoms with Crippen LogP contribution in [0.25, 0.3) is 0 Å². The summed E-state index contributed by atoms with van der Waals surface area (Å²) in [4.78, 5) is 12.5. The van der Waals surface area contributed by atoms with Crippen LogP contribution in [0.1, 0.15) is 6.92 Å². The van der Waals surface area contributed by atoms with E-state index in [4.69, 9.17) is 16.7 Å². The van der Waals surface area contributed by atoms with Crippen LogP contribution in [-0.4, -0.2) is 24.2 Å². The molecule has 0 aliphatic rings. The SMILES string of the molecule is C=C(C)CN(CC(=O)O)c1ccc(Cl)cc1. The Bertz CT molecular complexity index is 371. The summed E-state index contributed by atoms with van der Waals surface area (Å²) in [5, 5.41) is 9.45. The van der Waals surface area contributed by atoms with Gasteiger partial charge in [-0.05, 0) is 31.2 Å². The highest BCUT2D eigenvalue weighted by Gasteiger charge is 2.10. The summed E-state index contributed by atoms with van der Waals surface area (Å²) in [5.41, 5.74) is 1.74. The Morgan fingerprint density at radius 2 is 1.94 bits per heavy atom. The van der Waals surface area contributed by atoms with Gasteiger partial charge >= 0.3 is 5.97 Å². The molecule has 0 spiro atoms. The van der Waals surface area contributed by atoms with Crippen molar-refractivity contribution in [2.45, 2.75) is 6.92 Å². The predicted octanol–water partition coefficient (Wildman–Crippen LogP) is 2.81. The number of aliphatic carboxylic acids is 1. The quantitative estimate of drug-likeness (QED) is 0.804. The first-order valence-corrected chi connectivity index (χ1v) is 5.23. The van der Waals surface area contributed by atoms with Gasteiger partial charge in [0.25, 0.3) is 0 Å².